The van der Waals surface area contributed by atoms with Crippen molar-refractivity contribution in [3.05, 3.63) is 64.7 Å². The number of benzene rings is 3. The Morgan fingerprint density at radius 1 is 0.680 bits per heavy atom. The van der Waals surface area contributed by atoms with E-state index in [9.17, 15) is 0 Å². The Morgan fingerprint density at radius 3 is 1.92 bits per heavy atom. The van der Waals surface area contributed by atoms with Gasteiger partial charge in [0.05, 0.1) is 0 Å². The number of rotatable bonds is 0. The normalized spacial score (nSPS) is 13.4. The van der Waals surface area contributed by atoms with Crippen molar-refractivity contribution in [2.75, 3.05) is 0 Å². The smallest absolute Gasteiger partial charge is 0.260 e. The van der Waals surface area contributed by atoms with Gasteiger partial charge in [0.25, 0.3) is 6.71 Å². The molecule has 0 amide bonds. The molecule has 25 heavy (non-hydrogen) atoms. The van der Waals surface area contributed by atoms with E-state index in [0.717, 1.165) is 23.0 Å². The highest BCUT2D eigenvalue weighted by Crippen LogP contribution is 2.37. The molecule has 122 valence electrons. The first kappa shape index (κ1) is 14.6. The zero-order valence-electron chi connectivity index (χ0n) is 14.9. The molecule has 0 bridgehead atoms. The van der Waals surface area contributed by atoms with Crippen molar-refractivity contribution in [3.8, 4) is 23.0 Å². The molecule has 3 heteroatoms. The van der Waals surface area contributed by atoms with Crippen LogP contribution in [-0.4, -0.2) is 6.71 Å². The van der Waals surface area contributed by atoms with E-state index in [1.54, 1.807) is 0 Å². The molecule has 2 aliphatic heterocycles. The lowest BCUT2D eigenvalue weighted by Gasteiger charge is -2.34. The van der Waals surface area contributed by atoms with Gasteiger partial charge in [-0.1, -0.05) is 35.4 Å². The van der Waals surface area contributed by atoms with E-state index in [1.165, 1.54) is 38.6 Å². The van der Waals surface area contributed by atoms with Gasteiger partial charge < -0.3 is 9.47 Å². The van der Waals surface area contributed by atoms with Crippen molar-refractivity contribution in [2.45, 2.75) is 27.7 Å². The van der Waals surface area contributed by atoms with Gasteiger partial charge in [-0.2, -0.15) is 0 Å². The Kier molecular flexibility index (Phi) is 2.88. The minimum Gasteiger partial charge on any atom is -0.458 e. The highest BCUT2D eigenvalue weighted by atomic mass is 16.5. The third-order valence-electron chi connectivity index (χ3n) is 5.46. The number of fused-ring (bicyclic) bond motifs is 4. The van der Waals surface area contributed by atoms with E-state index in [-0.39, 0.29) is 6.71 Å². The lowest BCUT2D eigenvalue weighted by atomic mass is 9.34. The minimum absolute atomic E-state index is 0.164. The molecule has 0 fully saturated rings. The maximum absolute atomic E-state index is 6.36. The average molecular weight is 326 g/mol. The van der Waals surface area contributed by atoms with Crippen LogP contribution in [0.3, 0.4) is 0 Å². The summed E-state index contributed by atoms with van der Waals surface area (Å²) >= 11 is 0. The third kappa shape index (κ3) is 1.99. The van der Waals surface area contributed by atoms with Crippen LogP contribution >= 0.6 is 0 Å². The standard InChI is InChI=1S/C22H19BO2/c1-12-5-7-18-16(9-12)23-17-10-13(2)6-8-19(17)25-22-15(4)14(3)11-20(24-18)21(22)23/h5-11H,1-4H3. The molecule has 0 saturated heterocycles. The molecule has 5 rings (SSSR count). The predicted molar refractivity (Wildman–Crippen MR) is 103 cm³/mol. The van der Waals surface area contributed by atoms with Crippen LogP contribution in [0.25, 0.3) is 0 Å². The summed E-state index contributed by atoms with van der Waals surface area (Å²) in [6.45, 7) is 8.67. The van der Waals surface area contributed by atoms with Gasteiger partial charge in [0, 0.05) is 5.46 Å². The molecule has 0 N–H and O–H groups in total. The first-order valence-electron chi connectivity index (χ1n) is 8.74. The monoisotopic (exact) mass is 326 g/mol. The molecule has 2 heterocycles. The van der Waals surface area contributed by atoms with E-state index >= 15 is 0 Å². The second kappa shape index (κ2) is 4.92. The summed E-state index contributed by atoms with van der Waals surface area (Å²) in [6.07, 6.45) is 0. The van der Waals surface area contributed by atoms with Gasteiger partial charge in [-0.15, -0.1) is 0 Å². The largest absolute Gasteiger partial charge is 0.458 e. The number of hydrogen-bond donors (Lipinski definition) is 0. The molecule has 2 aliphatic rings. The fourth-order valence-corrected chi connectivity index (χ4v) is 4.04. The highest BCUT2D eigenvalue weighted by molar-refractivity contribution is 6.98. The molecule has 0 saturated carbocycles. The van der Waals surface area contributed by atoms with Gasteiger partial charge in [-0.3, -0.25) is 0 Å². The van der Waals surface area contributed by atoms with Crippen LogP contribution in [0.5, 0.6) is 23.0 Å². The quantitative estimate of drug-likeness (QED) is 0.405. The van der Waals surface area contributed by atoms with E-state index in [2.05, 4.69) is 70.2 Å². The van der Waals surface area contributed by atoms with E-state index in [4.69, 9.17) is 9.47 Å². The van der Waals surface area contributed by atoms with Crippen LogP contribution in [0.2, 0.25) is 0 Å². The minimum atomic E-state index is 0.164. The lowest BCUT2D eigenvalue weighted by Crippen LogP contribution is -2.57. The summed E-state index contributed by atoms with van der Waals surface area (Å²) in [4.78, 5) is 0. The van der Waals surface area contributed by atoms with Gasteiger partial charge in [0.1, 0.15) is 23.0 Å². The van der Waals surface area contributed by atoms with Crippen molar-refractivity contribution in [1.82, 2.24) is 0 Å². The Hall–Kier alpha value is -2.68. The third-order valence-corrected chi connectivity index (χ3v) is 5.46. The van der Waals surface area contributed by atoms with Crippen molar-refractivity contribution >= 4 is 23.1 Å². The van der Waals surface area contributed by atoms with Crippen molar-refractivity contribution in [3.63, 3.8) is 0 Å². The van der Waals surface area contributed by atoms with Crippen LogP contribution in [0, 0.1) is 27.7 Å². The zero-order chi connectivity index (χ0) is 17.3. The van der Waals surface area contributed by atoms with Gasteiger partial charge in [0.15, 0.2) is 0 Å². The molecule has 0 radical (unpaired) electrons. The van der Waals surface area contributed by atoms with E-state index in [1.807, 2.05) is 0 Å². The van der Waals surface area contributed by atoms with E-state index < -0.39 is 0 Å². The Bertz CT molecular complexity index is 1040. The molecule has 0 unspecified atom stereocenters. The predicted octanol–water partition coefficient (Wildman–Crippen LogP) is 3.65. The molecule has 0 atom stereocenters. The van der Waals surface area contributed by atoms with Gasteiger partial charge in [0.2, 0.25) is 0 Å². The summed E-state index contributed by atoms with van der Waals surface area (Å²) in [7, 11) is 0. The molecule has 3 aromatic carbocycles. The summed E-state index contributed by atoms with van der Waals surface area (Å²) in [5.41, 5.74) is 8.50. The number of hydrogen-bond acceptors (Lipinski definition) is 2. The fourth-order valence-electron chi connectivity index (χ4n) is 4.04. The van der Waals surface area contributed by atoms with E-state index in [0.29, 0.717) is 0 Å². The second-order valence-corrected chi connectivity index (χ2v) is 7.28. The molecule has 0 aromatic heterocycles. The Labute approximate surface area is 148 Å². The summed E-state index contributed by atoms with van der Waals surface area (Å²) in [6, 6.07) is 15.1. The summed E-state index contributed by atoms with van der Waals surface area (Å²) in [5.74, 6) is 3.79. The van der Waals surface area contributed by atoms with Crippen molar-refractivity contribution in [2.24, 2.45) is 0 Å². The topological polar surface area (TPSA) is 18.5 Å². The van der Waals surface area contributed by atoms with Crippen LogP contribution in [0.4, 0.5) is 0 Å². The molecular weight excluding hydrogens is 307 g/mol. The first-order valence-corrected chi connectivity index (χ1v) is 8.74. The molecule has 2 nitrogen and oxygen atoms in total. The van der Waals surface area contributed by atoms with Crippen LogP contribution in [0.15, 0.2) is 42.5 Å². The maximum atomic E-state index is 6.36. The molecular formula is C22H19BO2. The van der Waals surface area contributed by atoms with Gasteiger partial charge >= 0.3 is 0 Å². The SMILES string of the molecule is Cc1ccc2c(c1)B1c3cc(C)ccc3Oc3c(C)c(C)cc(c31)O2. The second-order valence-electron chi connectivity index (χ2n) is 7.28. The first-order chi connectivity index (χ1) is 12.0. The van der Waals surface area contributed by atoms with Crippen LogP contribution in [0.1, 0.15) is 22.3 Å². The van der Waals surface area contributed by atoms with Crippen LogP contribution in [-0.2, 0) is 0 Å². The number of ether oxygens (including phenoxy) is 2. The molecule has 0 aliphatic carbocycles. The molecule has 3 aromatic rings. The number of aryl methyl sites for hydroxylation is 3. The Morgan fingerprint density at radius 2 is 1.28 bits per heavy atom. The Balaban J connectivity index is 1.89. The average Bonchev–Trinajstić information content (AvgIpc) is 2.59. The van der Waals surface area contributed by atoms with Crippen LogP contribution < -0.4 is 25.9 Å². The van der Waals surface area contributed by atoms with Crippen molar-refractivity contribution in [1.29, 1.82) is 0 Å². The maximum Gasteiger partial charge on any atom is 0.260 e. The van der Waals surface area contributed by atoms with Crippen molar-refractivity contribution < 1.29 is 9.47 Å². The fraction of sp³-hybridized carbons (Fsp3) is 0.182. The highest BCUT2D eigenvalue weighted by Gasteiger charge is 2.41. The summed E-state index contributed by atoms with van der Waals surface area (Å²) in [5, 5.41) is 0. The van der Waals surface area contributed by atoms with Gasteiger partial charge in [-0.05, 0) is 67.9 Å². The zero-order valence-corrected chi connectivity index (χ0v) is 14.9. The molecule has 0 spiro atoms. The lowest BCUT2D eigenvalue weighted by molar-refractivity contribution is 0.461. The van der Waals surface area contributed by atoms with Gasteiger partial charge in [-0.25, -0.2) is 0 Å². The summed E-state index contributed by atoms with van der Waals surface area (Å²) < 4.78 is 12.6.